The molecule has 1 heterocycles. The summed E-state index contributed by atoms with van der Waals surface area (Å²) in [5, 5.41) is 14.2. The van der Waals surface area contributed by atoms with Crippen molar-refractivity contribution in [1.82, 2.24) is 0 Å². The van der Waals surface area contributed by atoms with Crippen LogP contribution in [0.15, 0.2) is 35.0 Å². The molecule has 16 heavy (non-hydrogen) atoms. The van der Waals surface area contributed by atoms with Crippen molar-refractivity contribution < 1.29 is 9.84 Å². The van der Waals surface area contributed by atoms with Crippen LogP contribution in [0.5, 0.6) is 5.75 Å². The summed E-state index contributed by atoms with van der Waals surface area (Å²) in [6.45, 7) is 2.01. The van der Waals surface area contributed by atoms with E-state index in [-0.39, 0.29) is 0 Å². The maximum absolute atomic E-state index is 10.2. The van der Waals surface area contributed by atoms with Crippen LogP contribution in [0.4, 0.5) is 0 Å². The van der Waals surface area contributed by atoms with E-state index in [1.54, 1.807) is 18.4 Å². The van der Waals surface area contributed by atoms with Gasteiger partial charge in [-0.15, -0.1) is 0 Å². The van der Waals surface area contributed by atoms with Gasteiger partial charge in [0.15, 0.2) is 0 Å². The molecular weight excluding hydrogens is 220 g/mol. The van der Waals surface area contributed by atoms with Crippen molar-refractivity contribution in [2.45, 2.75) is 13.0 Å². The largest absolute Gasteiger partial charge is 0.497 e. The maximum atomic E-state index is 10.2. The second-order valence-corrected chi connectivity index (χ2v) is 4.43. The Morgan fingerprint density at radius 1 is 1.19 bits per heavy atom. The molecule has 0 aliphatic carbocycles. The van der Waals surface area contributed by atoms with Gasteiger partial charge < -0.3 is 9.84 Å². The van der Waals surface area contributed by atoms with Crippen molar-refractivity contribution in [3.05, 3.63) is 51.7 Å². The minimum absolute atomic E-state index is 0.544. The van der Waals surface area contributed by atoms with Crippen LogP contribution in [0.2, 0.25) is 0 Å². The smallest absolute Gasteiger partial charge is 0.118 e. The summed E-state index contributed by atoms with van der Waals surface area (Å²) in [5.41, 5.74) is 3.01. The summed E-state index contributed by atoms with van der Waals surface area (Å²) >= 11 is 1.61. The Balaban J connectivity index is 2.27. The monoisotopic (exact) mass is 234 g/mol. The number of aryl methyl sites for hydroxylation is 1. The normalized spacial score (nSPS) is 12.4. The van der Waals surface area contributed by atoms with Crippen LogP contribution in [-0.4, -0.2) is 12.2 Å². The van der Waals surface area contributed by atoms with Crippen LogP contribution in [-0.2, 0) is 0 Å². The van der Waals surface area contributed by atoms with Gasteiger partial charge in [0, 0.05) is 0 Å². The van der Waals surface area contributed by atoms with Gasteiger partial charge in [-0.3, -0.25) is 0 Å². The molecule has 1 aromatic heterocycles. The Bertz CT molecular complexity index is 459. The van der Waals surface area contributed by atoms with Gasteiger partial charge in [0.2, 0.25) is 0 Å². The van der Waals surface area contributed by atoms with Gasteiger partial charge >= 0.3 is 0 Å². The lowest BCUT2D eigenvalue weighted by Gasteiger charge is -2.11. The number of hydrogen-bond acceptors (Lipinski definition) is 3. The van der Waals surface area contributed by atoms with Crippen LogP contribution in [0.25, 0.3) is 0 Å². The van der Waals surface area contributed by atoms with E-state index in [2.05, 4.69) is 0 Å². The Morgan fingerprint density at radius 2 is 1.88 bits per heavy atom. The van der Waals surface area contributed by atoms with Crippen molar-refractivity contribution in [2.24, 2.45) is 0 Å². The molecule has 1 aromatic carbocycles. The summed E-state index contributed by atoms with van der Waals surface area (Å²) in [5.74, 6) is 0.804. The third-order valence-electron chi connectivity index (χ3n) is 2.62. The summed E-state index contributed by atoms with van der Waals surface area (Å²) in [4.78, 5) is 0. The zero-order valence-corrected chi connectivity index (χ0v) is 10.1. The van der Waals surface area contributed by atoms with Crippen LogP contribution in [0.1, 0.15) is 22.8 Å². The van der Waals surface area contributed by atoms with Crippen molar-refractivity contribution >= 4 is 11.3 Å². The minimum atomic E-state index is -0.544. The van der Waals surface area contributed by atoms with E-state index in [1.807, 2.05) is 41.9 Å². The van der Waals surface area contributed by atoms with Gasteiger partial charge in [-0.25, -0.2) is 0 Å². The van der Waals surface area contributed by atoms with Gasteiger partial charge in [0.05, 0.1) is 7.11 Å². The predicted molar refractivity (Wildman–Crippen MR) is 66.1 cm³/mol. The highest BCUT2D eigenvalue weighted by atomic mass is 32.1. The number of aliphatic hydroxyl groups is 1. The third kappa shape index (κ3) is 2.10. The van der Waals surface area contributed by atoms with E-state index in [9.17, 15) is 5.11 Å². The fourth-order valence-electron chi connectivity index (χ4n) is 1.62. The molecule has 0 aliphatic heterocycles. The molecule has 2 nitrogen and oxygen atoms in total. The molecule has 0 saturated heterocycles. The summed E-state index contributed by atoms with van der Waals surface area (Å²) < 4.78 is 5.08. The molecule has 0 spiro atoms. The molecule has 0 aliphatic rings. The third-order valence-corrected chi connectivity index (χ3v) is 3.50. The van der Waals surface area contributed by atoms with Gasteiger partial charge in [-0.05, 0) is 46.5 Å². The summed E-state index contributed by atoms with van der Waals surface area (Å²) in [7, 11) is 1.63. The van der Waals surface area contributed by atoms with Crippen molar-refractivity contribution in [3.8, 4) is 5.75 Å². The Kier molecular flexibility index (Phi) is 3.27. The van der Waals surface area contributed by atoms with Crippen LogP contribution in [0.3, 0.4) is 0 Å². The number of benzene rings is 1. The highest BCUT2D eigenvalue weighted by molar-refractivity contribution is 7.08. The summed E-state index contributed by atoms with van der Waals surface area (Å²) in [6.07, 6.45) is -0.544. The van der Waals surface area contributed by atoms with Crippen LogP contribution >= 0.6 is 11.3 Å². The van der Waals surface area contributed by atoms with Crippen molar-refractivity contribution in [2.75, 3.05) is 7.11 Å². The molecule has 1 atom stereocenters. The number of thiophene rings is 1. The number of hydrogen-bond donors (Lipinski definition) is 1. The van der Waals surface area contributed by atoms with E-state index in [4.69, 9.17) is 4.74 Å². The number of aliphatic hydroxyl groups excluding tert-OH is 1. The molecule has 2 aromatic rings. The molecule has 0 radical (unpaired) electrons. The molecule has 1 unspecified atom stereocenters. The van der Waals surface area contributed by atoms with E-state index in [0.717, 1.165) is 22.4 Å². The molecular formula is C13H14O2S. The average molecular weight is 234 g/mol. The topological polar surface area (TPSA) is 29.5 Å². The second-order valence-electron chi connectivity index (χ2n) is 3.69. The van der Waals surface area contributed by atoms with E-state index in [1.165, 1.54) is 0 Å². The van der Waals surface area contributed by atoms with Crippen molar-refractivity contribution in [3.63, 3.8) is 0 Å². The fourth-order valence-corrected chi connectivity index (χ4v) is 2.49. The lowest BCUT2D eigenvalue weighted by molar-refractivity contribution is 0.220. The first-order valence-electron chi connectivity index (χ1n) is 5.07. The van der Waals surface area contributed by atoms with Gasteiger partial charge in [0.1, 0.15) is 11.9 Å². The molecule has 1 N–H and O–H groups in total. The highest BCUT2D eigenvalue weighted by Crippen LogP contribution is 2.28. The van der Waals surface area contributed by atoms with Crippen LogP contribution < -0.4 is 4.74 Å². The zero-order chi connectivity index (χ0) is 11.5. The van der Waals surface area contributed by atoms with Gasteiger partial charge in [-0.1, -0.05) is 12.1 Å². The van der Waals surface area contributed by atoms with E-state index in [0.29, 0.717) is 0 Å². The second kappa shape index (κ2) is 4.68. The number of methoxy groups -OCH3 is 1. The fraction of sp³-hybridized carbons (Fsp3) is 0.231. The lowest BCUT2D eigenvalue weighted by Crippen LogP contribution is -1.99. The Morgan fingerprint density at radius 3 is 2.38 bits per heavy atom. The molecule has 0 fully saturated rings. The first-order valence-corrected chi connectivity index (χ1v) is 6.01. The van der Waals surface area contributed by atoms with E-state index >= 15 is 0 Å². The van der Waals surface area contributed by atoms with Gasteiger partial charge in [0.25, 0.3) is 0 Å². The summed E-state index contributed by atoms with van der Waals surface area (Å²) in [6, 6.07) is 7.50. The predicted octanol–water partition coefficient (Wildman–Crippen LogP) is 3.15. The van der Waals surface area contributed by atoms with Gasteiger partial charge in [-0.2, -0.15) is 11.3 Å². The molecule has 0 amide bonds. The number of rotatable bonds is 3. The average Bonchev–Trinajstić information content (AvgIpc) is 2.75. The quantitative estimate of drug-likeness (QED) is 0.884. The zero-order valence-electron chi connectivity index (χ0n) is 9.31. The molecule has 84 valence electrons. The number of ether oxygens (including phenoxy) is 1. The standard InChI is InChI=1S/C13H14O2S/c1-9-7-16-8-12(9)13(14)10-3-5-11(15-2)6-4-10/h3-8,13-14H,1-2H3. The van der Waals surface area contributed by atoms with E-state index < -0.39 is 6.10 Å². The Hall–Kier alpha value is -1.32. The SMILES string of the molecule is COc1ccc(C(O)c2cscc2C)cc1. The molecule has 3 heteroatoms. The Labute approximate surface area is 99.1 Å². The minimum Gasteiger partial charge on any atom is -0.497 e. The van der Waals surface area contributed by atoms with Crippen LogP contribution in [0, 0.1) is 6.92 Å². The maximum Gasteiger partial charge on any atom is 0.118 e. The highest BCUT2D eigenvalue weighted by Gasteiger charge is 2.13. The first-order chi connectivity index (χ1) is 7.72. The first kappa shape index (κ1) is 11.2. The molecule has 2 rings (SSSR count). The molecule has 0 saturated carbocycles. The van der Waals surface area contributed by atoms with Crippen molar-refractivity contribution in [1.29, 1.82) is 0 Å². The lowest BCUT2D eigenvalue weighted by atomic mass is 10.0. The molecule has 0 bridgehead atoms.